The highest BCUT2D eigenvalue weighted by atomic mass is 35.5. The van der Waals surface area contributed by atoms with Gasteiger partial charge in [-0.25, -0.2) is 4.98 Å². The molecule has 4 heteroatoms. The molecule has 2 aromatic rings. The second-order valence-corrected chi connectivity index (χ2v) is 3.60. The summed E-state index contributed by atoms with van der Waals surface area (Å²) in [6, 6.07) is 3.77. The third-order valence-corrected chi connectivity index (χ3v) is 2.40. The van der Waals surface area contributed by atoms with Gasteiger partial charge in [0.2, 0.25) is 0 Å². The number of carbonyl (C=O) groups excluding carboxylic acids is 1. The van der Waals surface area contributed by atoms with Crippen LogP contribution in [-0.2, 0) is 0 Å². The summed E-state index contributed by atoms with van der Waals surface area (Å²) in [6.07, 6.45) is 1.86. The van der Waals surface area contributed by atoms with Crippen LogP contribution in [0.25, 0.3) is 5.65 Å². The lowest BCUT2D eigenvalue weighted by Crippen LogP contribution is -1.92. The molecule has 0 radical (unpaired) electrons. The minimum atomic E-state index is -0.114. The van der Waals surface area contributed by atoms with Crippen LogP contribution >= 0.6 is 11.6 Å². The zero-order chi connectivity index (χ0) is 10.3. The summed E-state index contributed by atoms with van der Waals surface area (Å²) in [6.45, 7) is 3.42. The van der Waals surface area contributed by atoms with Crippen molar-refractivity contribution in [1.29, 1.82) is 0 Å². The van der Waals surface area contributed by atoms with Crippen molar-refractivity contribution in [2.75, 3.05) is 0 Å². The molecule has 14 heavy (non-hydrogen) atoms. The topological polar surface area (TPSA) is 34.4 Å². The zero-order valence-electron chi connectivity index (χ0n) is 7.91. The lowest BCUT2D eigenvalue weighted by molar-refractivity contribution is 0.101. The van der Waals surface area contributed by atoms with Crippen molar-refractivity contribution in [1.82, 2.24) is 9.38 Å². The van der Waals surface area contributed by atoms with Crippen LogP contribution in [0.4, 0.5) is 0 Å². The minimum absolute atomic E-state index is 0.114. The van der Waals surface area contributed by atoms with Gasteiger partial charge in [0.1, 0.15) is 16.5 Å². The van der Waals surface area contributed by atoms with Gasteiger partial charge in [-0.1, -0.05) is 17.7 Å². The number of imidazole rings is 1. The molecule has 0 fully saturated rings. The molecular weight excluding hydrogens is 200 g/mol. The van der Waals surface area contributed by atoms with Crippen molar-refractivity contribution in [3.8, 4) is 0 Å². The Hall–Kier alpha value is -1.35. The van der Waals surface area contributed by atoms with Crippen LogP contribution in [0.15, 0.2) is 18.3 Å². The predicted octanol–water partition coefficient (Wildman–Crippen LogP) is 2.50. The molecule has 0 aliphatic rings. The molecule has 0 unspecified atom stereocenters. The standard InChI is InChI=1S/C10H9ClN2O/c1-6-3-4-8-12-9(7(2)14)10(11)13(8)5-6/h3-5H,1-2H3. The molecule has 2 aromatic heterocycles. The van der Waals surface area contributed by atoms with Crippen LogP contribution in [-0.4, -0.2) is 15.2 Å². The number of hydrogen-bond donors (Lipinski definition) is 0. The van der Waals surface area contributed by atoms with Gasteiger partial charge >= 0.3 is 0 Å². The van der Waals surface area contributed by atoms with E-state index < -0.39 is 0 Å². The van der Waals surface area contributed by atoms with Gasteiger partial charge in [0.05, 0.1) is 0 Å². The van der Waals surface area contributed by atoms with Gasteiger partial charge in [0.15, 0.2) is 5.78 Å². The van der Waals surface area contributed by atoms with Crippen LogP contribution in [0.5, 0.6) is 0 Å². The summed E-state index contributed by atoms with van der Waals surface area (Å²) in [5.41, 5.74) is 2.11. The fourth-order valence-corrected chi connectivity index (χ4v) is 1.66. The Balaban J connectivity index is 2.80. The first-order valence-electron chi connectivity index (χ1n) is 4.25. The van der Waals surface area contributed by atoms with Crippen molar-refractivity contribution >= 4 is 23.0 Å². The van der Waals surface area contributed by atoms with E-state index in [4.69, 9.17) is 11.6 Å². The number of fused-ring (bicyclic) bond motifs is 1. The van der Waals surface area contributed by atoms with E-state index in [9.17, 15) is 4.79 Å². The molecule has 0 N–H and O–H groups in total. The third kappa shape index (κ3) is 1.30. The Morgan fingerprint density at radius 2 is 2.21 bits per heavy atom. The quantitative estimate of drug-likeness (QED) is 0.675. The van der Waals surface area contributed by atoms with Crippen molar-refractivity contribution in [2.45, 2.75) is 13.8 Å². The summed E-state index contributed by atoms with van der Waals surface area (Å²) in [5, 5.41) is 0.385. The molecule has 0 bridgehead atoms. The maximum Gasteiger partial charge on any atom is 0.181 e. The summed E-state index contributed by atoms with van der Waals surface area (Å²) in [7, 11) is 0. The van der Waals surface area contributed by atoms with E-state index in [1.807, 2.05) is 25.3 Å². The van der Waals surface area contributed by atoms with Crippen molar-refractivity contribution in [3.63, 3.8) is 0 Å². The van der Waals surface area contributed by atoms with E-state index >= 15 is 0 Å². The summed E-state index contributed by atoms with van der Waals surface area (Å²) >= 11 is 6.00. The largest absolute Gasteiger partial charge is 0.293 e. The second kappa shape index (κ2) is 3.10. The molecule has 0 aliphatic heterocycles. The smallest absolute Gasteiger partial charge is 0.181 e. The number of aromatic nitrogens is 2. The lowest BCUT2D eigenvalue weighted by Gasteiger charge is -1.95. The van der Waals surface area contributed by atoms with Crippen LogP contribution in [0.3, 0.4) is 0 Å². The molecule has 0 spiro atoms. The Labute approximate surface area is 86.3 Å². The number of nitrogens with zero attached hydrogens (tertiary/aromatic N) is 2. The lowest BCUT2D eigenvalue weighted by atomic mass is 10.3. The van der Waals surface area contributed by atoms with Crippen LogP contribution in [0, 0.1) is 6.92 Å². The maximum atomic E-state index is 11.2. The molecule has 0 atom stereocenters. The van der Waals surface area contributed by atoms with E-state index in [1.54, 1.807) is 4.40 Å². The van der Waals surface area contributed by atoms with E-state index in [1.165, 1.54) is 6.92 Å². The first kappa shape index (κ1) is 9.21. The minimum Gasteiger partial charge on any atom is -0.293 e. The van der Waals surface area contributed by atoms with Crippen LogP contribution in [0.1, 0.15) is 23.0 Å². The van der Waals surface area contributed by atoms with Gasteiger partial charge in [0, 0.05) is 13.1 Å². The Kier molecular flexibility index (Phi) is 2.04. The first-order chi connectivity index (χ1) is 6.59. The van der Waals surface area contributed by atoms with Gasteiger partial charge in [-0.3, -0.25) is 9.20 Å². The third-order valence-electron chi connectivity index (χ3n) is 2.04. The van der Waals surface area contributed by atoms with Gasteiger partial charge in [0.25, 0.3) is 0 Å². The normalized spacial score (nSPS) is 10.8. The van der Waals surface area contributed by atoms with Crippen molar-refractivity contribution < 1.29 is 4.79 Å². The van der Waals surface area contributed by atoms with Crippen molar-refractivity contribution in [2.24, 2.45) is 0 Å². The molecule has 3 nitrogen and oxygen atoms in total. The average Bonchev–Trinajstić information content (AvgIpc) is 2.44. The molecule has 2 heterocycles. The molecule has 0 aromatic carbocycles. The fraction of sp³-hybridized carbons (Fsp3) is 0.200. The van der Waals surface area contributed by atoms with Crippen LogP contribution < -0.4 is 0 Å². The first-order valence-corrected chi connectivity index (χ1v) is 4.62. The van der Waals surface area contributed by atoms with E-state index in [0.29, 0.717) is 16.5 Å². The molecule has 0 amide bonds. The highest BCUT2D eigenvalue weighted by Crippen LogP contribution is 2.19. The SMILES string of the molecule is CC(=O)c1nc2ccc(C)cn2c1Cl. The number of aryl methyl sites for hydroxylation is 1. The average molecular weight is 209 g/mol. The molecule has 2 rings (SSSR count). The predicted molar refractivity (Wildman–Crippen MR) is 54.9 cm³/mol. The number of rotatable bonds is 1. The molecule has 0 aliphatic carbocycles. The van der Waals surface area contributed by atoms with Gasteiger partial charge in [-0.05, 0) is 18.6 Å². The molecule has 72 valence electrons. The monoisotopic (exact) mass is 208 g/mol. The Morgan fingerprint density at radius 1 is 1.50 bits per heavy atom. The van der Waals surface area contributed by atoms with E-state index in [-0.39, 0.29) is 5.78 Å². The maximum absolute atomic E-state index is 11.2. The summed E-state index contributed by atoms with van der Waals surface area (Å²) in [5.74, 6) is -0.114. The van der Waals surface area contributed by atoms with Gasteiger partial charge in [-0.15, -0.1) is 0 Å². The number of halogens is 1. The Morgan fingerprint density at radius 3 is 2.86 bits per heavy atom. The second-order valence-electron chi connectivity index (χ2n) is 3.24. The Bertz CT molecular complexity index is 516. The molecular formula is C10H9ClN2O. The number of carbonyl (C=O) groups is 1. The number of hydrogen-bond acceptors (Lipinski definition) is 2. The summed E-state index contributed by atoms with van der Waals surface area (Å²) < 4.78 is 1.72. The number of ketones is 1. The van der Waals surface area contributed by atoms with Gasteiger partial charge < -0.3 is 0 Å². The van der Waals surface area contributed by atoms with E-state index in [0.717, 1.165) is 5.56 Å². The molecule has 0 saturated heterocycles. The number of pyridine rings is 1. The summed E-state index contributed by atoms with van der Waals surface area (Å²) in [4.78, 5) is 15.3. The van der Waals surface area contributed by atoms with Gasteiger partial charge in [-0.2, -0.15) is 0 Å². The van der Waals surface area contributed by atoms with E-state index in [2.05, 4.69) is 4.98 Å². The number of Topliss-reactive ketones (excluding diaryl/α,β-unsaturated/α-hetero) is 1. The highest BCUT2D eigenvalue weighted by Gasteiger charge is 2.13. The highest BCUT2D eigenvalue weighted by molar-refractivity contribution is 6.32. The van der Waals surface area contributed by atoms with Crippen LogP contribution in [0.2, 0.25) is 5.15 Å². The fourth-order valence-electron chi connectivity index (χ4n) is 1.35. The van der Waals surface area contributed by atoms with Crippen molar-refractivity contribution in [3.05, 3.63) is 34.7 Å². The molecule has 0 saturated carbocycles. The zero-order valence-corrected chi connectivity index (χ0v) is 8.67.